The third kappa shape index (κ3) is 4.72. The molecular formula is C27H20Cl2N2O2. The Hall–Kier alpha value is -3.34. The average Bonchev–Trinajstić information content (AvgIpc) is 3.23. The minimum absolute atomic E-state index is 0.0873. The summed E-state index contributed by atoms with van der Waals surface area (Å²) in [6.45, 7) is 0. The van der Waals surface area contributed by atoms with Crippen molar-refractivity contribution in [3.63, 3.8) is 0 Å². The maximum absolute atomic E-state index is 12.7. The Morgan fingerprint density at radius 2 is 1.85 bits per heavy atom. The summed E-state index contributed by atoms with van der Waals surface area (Å²) in [5.41, 5.74) is 5.64. The zero-order valence-electron chi connectivity index (χ0n) is 17.6. The molecule has 6 heteroatoms. The molecule has 4 aromatic rings. The summed E-state index contributed by atoms with van der Waals surface area (Å²) in [5.74, 6) is 0.447. The van der Waals surface area contributed by atoms with Crippen LogP contribution in [0.3, 0.4) is 0 Å². The lowest BCUT2D eigenvalue weighted by molar-refractivity contribution is 0.102. The molecule has 1 unspecified atom stereocenters. The van der Waals surface area contributed by atoms with E-state index in [9.17, 15) is 4.79 Å². The molecule has 1 aromatic heterocycles. The zero-order chi connectivity index (χ0) is 22.8. The van der Waals surface area contributed by atoms with Crippen LogP contribution in [0.1, 0.15) is 34.0 Å². The Kier molecular flexibility index (Phi) is 6.03. The number of fused-ring (bicyclic) bond motifs is 1. The van der Waals surface area contributed by atoms with Crippen LogP contribution in [0.5, 0.6) is 5.75 Å². The first-order valence-electron chi connectivity index (χ1n) is 10.6. The first-order valence-corrected chi connectivity index (χ1v) is 11.4. The predicted molar refractivity (Wildman–Crippen MR) is 132 cm³/mol. The molecule has 0 saturated carbocycles. The molecule has 5 rings (SSSR count). The van der Waals surface area contributed by atoms with Crippen molar-refractivity contribution in [2.45, 2.75) is 18.9 Å². The van der Waals surface area contributed by atoms with E-state index in [0.717, 1.165) is 29.5 Å². The number of aryl methyl sites for hydroxylation is 1. The highest BCUT2D eigenvalue weighted by molar-refractivity contribution is 6.35. The molecule has 3 aromatic carbocycles. The fourth-order valence-electron chi connectivity index (χ4n) is 4.07. The van der Waals surface area contributed by atoms with Gasteiger partial charge in [-0.3, -0.25) is 9.78 Å². The van der Waals surface area contributed by atoms with E-state index in [1.54, 1.807) is 42.7 Å². The van der Waals surface area contributed by atoms with Crippen LogP contribution in [0.2, 0.25) is 10.0 Å². The molecule has 1 aliphatic carbocycles. The normalized spacial score (nSPS) is 14.5. The van der Waals surface area contributed by atoms with E-state index >= 15 is 0 Å². The van der Waals surface area contributed by atoms with Crippen LogP contribution in [-0.2, 0) is 6.42 Å². The van der Waals surface area contributed by atoms with Crippen molar-refractivity contribution in [2.24, 2.45) is 0 Å². The molecule has 1 amide bonds. The summed E-state index contributed by atoms with van der Waals surface area (Å²) in [5, 5.41) is 3.96. The second-order valence-corrected chi connectivity index (χ2v) is 8.75. The van der Waals surface area contributed by atoms with Crippen molar-refractivity contribution in [1.82, 2.24) is 4.98 Å². The largest absolute Gasteiger partial charge is 0.484 e. The van der Waals surface area contributed by atoms with Gasteiger partial charge in [-0.1, -0.05) is 47.5 Å². The molecule has 1 heterocycles. The quantitative estimate of drug-likeness (QED) is 0.328. The number of aromatic nitrogens is 1. The van der Waals surface area contributed by atoms with E-state index in [2.05, 4.69) is 28.5 Å². The molecule has 0 bridgehead atoms. The SMILES string of the molecule is O=C(Nc1cccnc1)c1cccc(-c2ccc3c(c2)C(Oc2ccc(Cl)cc2Cl)CC3)c1. The first-order chi connectivity index (χ1) is 16.1. The van der Waals surface area contributed by atoms with E-state index in [-0.39, 0.29) is 12.0 Å². The summed E-state index contributed by atoms with van der Waals surface area (Å²) < 4.78 is 6.25. The molecule has 0 aliphatic heterocycles. The van der Waals surface area contributed by atoms with Gasteiger partial charge in [0.25, 0.3) is 5.91 Å². The predicted octanol–water partition coefficient (Wildman–Crippen LogP) is 7.37. The van der Waals surface area contributed by atoms with Crippen LogP contribution in [-0.4, -0.2) is 10.9 Å². The van der Waals surface area contributed by atoms with Crippen LogP contribution in [0.15, 0.2) is 85.2 Å². The Bertz CT molecular complexity index is 1330. The minimum Gasteiger partial charge on any atom is -0.484 e. The van der Waals surface area contributed by atoms with Gasteiger partial charge >= 0.3 is 0 Å². The summed E-state index contributed by atoms with van der Waals surface area (Å²) in [6.07, 6.45) is 5.03. The molecule has 0 saturated heterocycles. The number of rotatable bonds is 5. The highest BCUT2D eigenvalue weighted by Gasteiger charge is 2.25. The second kappa shape index (κ2) is 9.26. The fourth-order valence-corrected chi connectivity index (χ4v) is 4.52. The van der Waals surface area contributed by atoms with Gasteiger partial charge in [-0.25, -0.2) is 0 Å². The number of nitrogens with one attached hydrogen (secondary N) is 1. The van der Waals surface area contributed by atoms with E-state index in [0.29, 0.717) is 27.0 Å². The number of hydrogen-bond donors (Lipinski definition) is 1. The van der Waals surface area contributed by atoms with E-state index in [4.69, 9.17) is 27.9 Å². The number of nitrogens with zero attached hydrogens (tertiary/aromatic N) is 1. The number of halogens is 2. The van der Waals surface area contributed by atoms with E-state index < -0.39 is 0 Å². The van der Waals surface area contributed by atoms with Gasteiger partial charge in [0, 0.05) is 16.8 Å². The van der Waals surface area contributed by atoms with Gasteiger partial charge in [0.15, 0.2) is 0 Å². The van der Waals surface area contributed by atoms with Crippen LogP contribution in [0, 0.1) is 0 Å². The van der Waals surface area contributed by atoms with Crippen molar-refractivity contribution in [2.75, 3.05) is 5.32 Å². The molecule has 164 valence electrons. The second-order valence-electron chi connectivity index (χ2n) is 7.91. The Labute approximate surface area is 202 Å². The molecule has 4 nitrogen and oxygen atoms in total. The first kappa shape index (κ1) is 21.5. The van der Waals surface area contributed by atoms with Gasteiger partial charge in [0.1, 0.15) is 11.9 Å². The van der Waals surface area contributed by atoms with E-state index in [1.165, 1.54) is 5.56 Å². The molecule has 1 atom stereocenters. The highest BCUT2D eigenvalue weighted by atomic mass is 35.5. The lowest BCUT2D eigenvalue weighted by Crippen LogP contribution is -2.11. The maximum atomic E-state index is 12.7. The summed E-state index contributed by atoms with van der Waals surface area (Å²) in [4.78, 5) is 16.8. The van der Waals surface area contributed by atoms with Gasteiger partial charge in [-0.2, -0.15) is 0 Å². The van der Waals surface area contributed by atoms with Crippen molar-refractivity contribution < 1.29 is 9.53 Å². The smallest absolute Gasteiger partial charge is 0.255 e. The Morgan fingerprint density at radius 3 is 2.67 bits per heavy atom. The van der Waals surface area contributed by atoms with Gasteiger partial charge < -0.3 is 10.1 Å². The number of benzene rings is 3. The average molecular weight is 475 g/mol. The van der Waals surface area contributed by atoms with Gasteiger partial charge in [0.05, 0.1) is 16.9 Å². The third-order valence-electron chi connectivity index (χ3n) is 5.71. The monoisotopic (exact) mass is 474 g/mol. The molecule has 0 fully saturated rings. The van der Waals surface area contributed by atoms with Crippen molar-refractivity contribution in [3.8, 4) is 16.9 Å². The summed E-state index contributed by atoms with van der Waals surface area (Å²) in [6, 6.07) is 22.8. The number of hydrogen-bond acceptors (Lipinski definition) is 3. The standard InChI is InChI=1S/C27H20Cl2N2O2/c28-21-9-11-26(24(29)15-21)33-25-10-8-17-6-7-19(14-23(17)25)18-3-1-4-20(13-18)27(32)31-22-5-2-12-30-16-22/h1-7,9,11-16,25H,8,10H2,(H,31,32). The van der Waals surface area contributed by atoms with Gasteiger partial charge in [-0.05, 0) is 83.6 Å². The van der Waals surface area contributed by atoms with Crippen LogP contribution in [0.25, 0.3) is 11.1 Å². The van der Waals surface area contributed by atoms with Crippen molar-refractivity contribution in [3.05, 3.63) is 112 Å². The minimum atomic E-state index is -0.176. The van der Waals surface area contributed by atoms with Crippen molar-refractivity contribution in [1.29, 1.82) is 0 Å². The molecule has 1 aliphatic rings. The lowest BCUT2D eigenvalue weighted by Gasteiger charge is -2.17. The molecular weight excluding hydrogens is 455 g/mol. The third-order valence-corrected chi connectivity index (χ3v) is 6.24. The van der Waals surface area contributed by atoms with Crippen LogP contribution in [0.4, 0.5) is 5.69 Å². The molecule has 0 spiro atoms. The number of anilines is 1. The number of pyridine rings is 1. The Balaban J connectivity index is 1.39. The molecule has 1 N–H and O–H groups in total. The zero-order valence-corrected chi connectivity index (χ0v) is 19.1. The van der Waals surface area contributed by atoms with Crippen LogP contribution >= 0.6 is 23.2 Å². The fraction of sp³-hybridized carbons (Fsp3) is 0.111. The van der Waals surface area contributed by atoms with Gasteiger partial charge in [0.2, 0.25) is 0 Å². The molecule has 0 radical (unpaired) electrons. The number of amides is 1. The van der Waals surface area contributed by atoms with E-state index in [1.807, 2.05) is 24.3 Å². The van der Waals surface area contributed by atoms with Gasteiger partial charge in [-0.15, -0.1) is 0 Å². The number of ether oxygens (including phenoxy) is 1. The molecule has 33 heavy (non-hydrogen) atoms. The summed E-state index contributed by atoms with van der Waals surface area (Å²) >= 11 is 12.3. The Morgan fingerprint density at radius 1 is 0.970 bits per heavy atom. The topological polar surface area (TPSA) is 51.2 Å². The number of carbonyl (C=O) groups is 1. The van der Waals surface area contributed by atoms with Crippen LogP contribution < -0.4 is 10.1 Å². The lowest BCUT2D eigenvalue weighted by atomic mass is 9.98. The highest BCUT2D eigenvalue weighted by Crippen LogP contribution is 2.39. The number of carbonyl (C=O) groups excluding carboxylic acids is 1. The summed E-state index contributed by atoms with van der Waals surface area (Å²) in [7, 11) is 0. The van der Waals surface area contributed by atoms with Crippen molar-refractivity contribution >= 4 is 34.8 Å². The maximum Gasteiger partial charge on any atom is 0.255 e.